The van der Waals surface area contributed by atoms with Gasteiger partial charge in [0, 0.05) is 38.3 Å². The van der Waals surface area contributed by atoms with Crippen LogP contribution < -0.4 is 10.6 Å². The molecular formula is C21H40IN5. The molecule has 0 amide bonds. The van der Waals surface area contributed by atoms with E-state index in [1.54, 1.807) is 0 Å². The maximum Gasteiger partial charge on any atom is 0.191 e. The van der Waals surface area contributed by atoms with Crippen molar-refractivity contribution < 1.29 is 0 Å². The van der Waals surface area contributed by atoms with Crippen LogP contribution in [0.5, 0.6) is 0 Å². The summed E-state index contributed by atoms with van der Waals surface area (Å²) in [4.78, 5) is 9.39. The second-order valence-corrected chi connectivity index (χ2v) is 7.60. The van der Waals surface area contributed by atoms with Crippen LogP contribution in [0, 0.1) is 0 Å². The van der Waals surface area contributed by atoms with E-state index < -0.39 is 0 Å². The molecule has 5 nitrogen and oxygen atoms in total. The fraction of sp³-hybridized carbons (Fsp3) is 0.667. The summed E-state index contributed by atoms with van der Waals surface area (Å²) in [6.45, 7) is 15.5. The van der Waals surface area contributed by atoms with Crippen LogP contribution in [0.3, 0.4) is 0 Å². The highest BCUT2D eigenvalue weighted by molar-refractivity contribution is 14.0. The van der Waals surface area contributed by atoms with Gasteiger partial charge in [-0.05, 0) is 59.8 Å². The van der Waals surface area contributed by atoms with Crippen LogP contribution in [0.4, 0.5) is 0 Å². The Balaban J connectivity index is 0.00000676. The zero-order chi connectivity index (χ0) is 19.5. The minimum Gasteiger partial charge on any atom is -0.357 e. The Morgan fingerprint density at radius 1 is 0.963 bits per heavy atom. The monoisotopic (exact) mass is 489 g/mol. The van der Waals surface area contributed by atoms with E-state index >= 15 is 0 Å². The SMILES string of the molecule is CCNC(=NCc1ccc(CN(C)C)cc1)NCCN(C(C)C)C(C)C.I. The Kier molecular flexibility index (Phi) is 13.7. The molecule has 1 aromatic carbocycles. The first-order chi connectivity index (χ1) is 12.3. The highest BCUT2D eigenvalue weighted by Crippen LogP contribution is 2.07. The van der Waals surface area contributed by atoms with E-state index in [4.69, 9.17) is 4.99 Å². The topological polar surface area (TPSA) is 42.9 Å². The van der Waals surface area contributed by atoms with Gasteiger partial charge in [0.2, 0.25) is 0 Å². The van der Waals surface area contributed by atoms with Gasteiger partial charge in [0.1, 0.15) is 0 Å². The molecule has 0 radical (unpaired) electrons. The quantitative estimate of drug-likeness (QED) is 0.300. The van der Waals surface area contributed by atoms with Crippen molar-refractivity contribution in [1.29, 1.82) is 0 Å². The molecule has 0 aliphatic heterocycles. The van der Waals surface area contributed by atoms with Crippen molar-refractivity contribution in [2.45, 2.75) is 59.8 Å². The molecule has 0 saturated carbocycles. The molecule has 0 atom stereocenters. The van der Waals surface area contributed by atoms with Gasteiger partial charge in [0.25, 0.3) is 0 Å². The molecule has 0 spiro atoms. The van der Waals surface area contributed by atoms with Gasteiger partial charge in [-0.25, -0.2) is 4.99 Å². The number of nitrogens with zero attached hydrogens (tertiary/aromatic N) is 3. The average Bonchev–Trinajstić information content (AvgIpc) is 2.56. The third-order valence-electron chi connectivity index (χ3n) is 4.27. The van der Waals surface area contributed by atoms with Crippen molar-refractivity contribution in [2.75, 3.05) is 33.7 Å². The normalized spacial score (nSPS) is 12.0. The molecule has 0 bridgehead atoms. The summed E-state index contributed by atoms with van der Waals surface area (Å²) in [6.07, 6.45) is 0. The first kappa shape index (κ1) is 26.1. The van der Waals surface area contributed by atoms with Gasteiger partial charge >= 0.3 is 0 Å². The van der Waals surface area contributed by atoms with Crippen LogP contribution in [0.1, 0.15) is 45.7 Å². The zero-order valence-electron chi connectivity index (χ0n) is 18.2. The number of aliphatic imine (C=N–C) groups is 1. The summed E-state index contributed by atoms with van der Waals surface area (Å²) in [5.74, 6) is 0.886. The molecule has 0 aromatic heterocycles. The number of hydrogen-bond acceptors (Lipinski definition) is 3. The molecule has 2 N–H and O–H groups in total. The van der Waals surface area contributed by atoms with Gasteiger partial charge in [-0.15, -0.1) is 24.0 Å². The third kappa shape index (κ3) is 10.9. The average molecular weight is 489 g/mol. The summed E-state index contributed by atoms with van der Waals surface area (Å²) in [6, 6.07) is 9.83. The van der Waals surface area contributed by atoms with Crippen LogP contribution in [0.25, 0.3) is 0 Å². The molecule has 1 rings (SSSR count). The molecule has 156 valence electrons. The van der Waals surface area contributed by atoms with Crippen LogP contribution >= 0.6 is 24.0 Å². The molecule has 0 aliphatic rings. The highest BCUT2D eigenvalue weighted by Gasteiger charge is 2.12. The molecule has 0 heterocycles. The summed E-state index contributed by atoms with van der Waals surface area (Å²) in [5.41, 5.74) is 2.56. The summed E-state index contributed by atoms with van der Waals surface area (Å²) in [5, 5.41) is 6.80. The minimum atomic E-state index is 0. The Hall–Kier alpha value is -0.860. The molecular weight excluding hydrogens is 449 g/mol. The van der Waals surface area contributed by atoms with Crippen LogP contribution in [0.2, 0.25) is 0 Å². The second kappa shape index (κ2) is 14.2. The van der Waals surface area contributed by atoms with Gasteiger partial charge in [0.15, 0.2) is 5.96 Å². The van der Waals surface area contributed by atoms with Gasteiger partial charge < -0.3 is 15.5 Å². The van der Waals surface area contributed by atoms with Crippen LogP contribution in [-0.2, 0) is 13.1 Å². The molecule has 0 aliphatic carbocycles. The zero-order valence-corrected chi connectivity index (χ0v) is 20.6. The van der Waals surface area contributed by atoms with Gasteiger partial charge in [0.05, 0.1) is 6.54 Å². The van der Waals surface area contributed by atoms with Crippen molar-refractivity contribution in [3.63, 3.8) is 0 Å². The minimum absolute atomic E-state index is 0. The maximum absolute atomic E-state index is 4.73. The predicted molar refractivity (Wildman–Crippen MR) is 129 cm³/mol. The van der Waals surface area contributed by atoms with Crippen LogP contribution in [-0.4, -0.2) is 61.6 Å². The lowest BCUT2D eigenvalue weighted by molar-refractivity contribution is 0.178. The lowest BCUT2D eigenvalue weighted by atomic mass is 10.1. The highest BCUT2D eigenvalue weighted by atomic mass is 127. The van der Waals surface area contributed by atoms with Crippen molar-refractivity contribution in [2.24, 2.45) is 4.99 Å². The second-order valence-electron chi connectivity index (χ2n) is 7.60. The van der Waals surface area contributed by atoms with Gasteiger partial charge in [-0.2, -0.15) is 0 Å². The van der Waals surface area contributed by atoms with Crippen molar-refractivity contribution in [3.8, 4) is 0 Å². The first-order valence-corrected chi connectivity index (χ1v) is 9.84. The summed E-state index contributed by atoms with van der Waals surface area (Å²) < 4.78 is 0. The third-order valence-corrected chi connectivity index (χ3v) is 4.27. The number of benzene rings is 1. The van der Waals surface area contributed by atoms with Gasteiger partial charge in [-0.1, -0.05) is 24.3 Å². The molecule has 0 fully saturated rings. The van der Waals surface area contributed by atoms with E-state index in [1.165, 1.54) is 11.1 Å². The van der Waals surface area contributed by atoms with Crippen molar-refractivity contribution in [3.05, 3.63) is 35.4 Å². The van der Waals surface area contributed by atoms with E-state index in [1.807, 2.05) is 0 Å². The molecule has 6 heteroatoms. The lowest BCUT2D eigenvalue weighted by Crippen LogP contribution is -2.45. The van der Waals surface area contributed by atoms with E-state index in [9.17, 15) is 0 Å². The maximum atomic E-state index is 4.73. The van der Waals surface area contributed by atoms with Gasteiger partial charge in [-0.3, -0.25) is 4.90 Å². The number of guanidine groups is 1. The largest absolute Gasteiger partial charge is 0.357 e. The lowest BCUT2D eigenvalue weighted by Gasteiger charge is -2.30. The predicted octanol–water partition coefficient (Wildman–Crippen LogP) is 3.54. The number of hydrogen-bond donors (Lipinski definition) is 2. The molecule has 0 saturated heterocycles. The Labute approximate surface area is 184 Å². The molecule has 1 aromatic rings. The van der Waals surface area contributed by atoms with E-state index in [2.05, 4.69) is 93.4 Å². The summed E-state index contributed by atoms with van der Waals surface area (Å²) in [7, 11) is 4.18. The van der Waals surface area contributed by atoms with E-state index in [0.717, 1.165) is 32.1 Å². The first-order valence-electron chi connectivity index (χ1n) is 9.84. The molecule has 0 unspecified atom stereocenters. The van der Waals surface area contributed by atoms with Crippen molar-refractivity contribution >= 4 is 29.9 Å². The fourth-order valence-corrected chi connectivity index (χ4v) is 3.04. The number of halogens is 1. The smallest absolute Gasteiger partial charge is 0.191 e. The Bertz CT molecular complexity index is 518. The summed E-state index contributed by atoms with van der Waals surface area (Å²) >= 11 is 0. The fourth-order valence-electron chi connectivity index (χ4n) is 3.04. The van der Waals surface area contributed by atoms with E-state index in [0.29, 0.717) is 18.6 Å². The Morgan fingerprint density at radius 2 is 1.52 bits per heavy atom. The van der Waals surface area contributed by atoms with Crippen molar-refractivity contribution in [1.82, 2.24) is 20.4 Å². The van der Waals surface area contributed by atoms with E-state index in [-0.39, 0.29) is 24.0 Å². The standard InChI is InChI=1S/C21H39N5.HI/c1-8-22-21(23-13-14-26(17(2)3)18(4)5)24-15-19-9-11-20(12-10-19)16-25(6)7;/h9-12,17-18H,8,13-16H2,1-7H3,(H2,22,23,24);1H. The van der Waals surface area contributed by atoms with Crippen LogP contribution in [0.15, 0.2) is 29.3 Å². The number of nitrogens with one attached hydrogen (secondary N) is 2. The Morgan fingerprint density at radius 3 is 2.00 bits per heavy atom. The molecule has 27 heavy (non-hydrogen) atoms. The number of rotatable bonds is 10.